The van der Waals surface area contributed by atoms with Gasteiger partial charge in [0.25, 0.3) is 11.8 Å². The number of rotatable bonds is 6. The molecule has 8 heteroatoms. The summed E-state index contributed by atoms with van der Waals surface area (Å²) in [5.41, 5.74) is 2.20. The molecule has 1 aliphatic rings. The van der Waals surface area contributed by atoms with Crippen molar-refractivity contribution in [1.29, 1.82) is 0 Å². The second-order valence-corrected chi connectivity index (χ2v) is 7.75. The van der Waals surface area contributed by atoms with Crippen molar-refractivity contribution < 1.29 is 23.8 Å². The Balaban J connectivity index is 1.58. The fourth-order valence-corrected chi connectivity index (χ4v) is 3.71. The fraction of sp³-hybridized carbons (Fsp3) is 0.391. The minimum atomic E-state index is -0.176. The summed E-state index contributed by atoms with van der Waals surface area (Å²) in [4.78, 5) is 29.1. The Morgan fingerprint density at radius 2 is 1.45 bits per heavy atom. The summed E-state index contributed by atoms with van der Waals surface area (Å²) in [6.45, 7) is 5.45. The first-order chi connectivity index (χ1) is 14.8. The minimum absolute atomic E-state index is 0.0607. The Kier molecular flexibility index (Phi) is 7.28. The number of benzene rings is 2. The first-order valence-electron chi connectivity index (χ1n) is 10.0. The summed E-state index contributed by atoms with van der Waals surface area (Å²) in [6, 6.07) is 8.87. The van der Waals surface area contributed by atoms with E-state index in [9.17, 15) is 9.59 Å². The summed E-state index contributed by atoms with van der Waals surface area (Å²) in [6.07, 6.45) is 0. The summed E-state index contributed by atoms with van der Waals surface area (Å²) < 4.78 is 16.4. The van der Waals surface area contributed by atoms with E-state index in [2.05, 4.69) is 0 Å². The molecule has 0 aliphatic carbocycles. The van der Waals surface area contributed by atoms with Gasteiger partial charge in [-0.25, -0.2) is 0 Å². The molecule has 1 heterocycles. The van der Waals surface area contributed by atoms with E-state index in [0.717, 1.165) is 11.1 Å². The smallest absolute Gasteiger partial charge is 0.261 e. The molecule has 0 saturated carbocycles. The Bertz CT molecular complexity index is 925. The highest BCUT2D eigenvalue weighted by molar-refractivity contribution is 6.32. The van der Waals surface area contributed by atoms with Gasteiger partial charge in [-0.1, -0.05) is 17.7 Å². The highest BCUT2D eigenvalue weighted by Gasteiger charge is 2.28. The largest absolute Gasteiger partial charge is 0.496 e. The van der Waals surface area contributed by atoms with Crippen LogP contribution in [0.4, 0.5) is 0 Å². The molecule has 0 radical (unpaired) electrons. The molecule has 1 aliphatic heterocycles. The standard InChI is InChI=1S/C23H27ClN2O5/c1-15-12-17(13-16(2)22(15)24)31-14-20(27)25-8-10-26(11-9-25)23(28)21-18(29-3)6-5-7-19(21)30-4/h5-7,12-13H,8-11,14H2,1-4H3. The van der Waals surface area contributed by atoms with Crippen LogP contribution in [0.25, 0.3) is 0 Å². The lowest BCUT2D eigenvalue weighted by atomic mass is 10.1. The molecule has 0 spiro atoms. The van der Waals surface area contributed by atoms with Gasteiger partial charge in [-0.15, -0.1) is 0 Å². The van der Waals surface area contributed by atoms with Gasteiger partial charge in [-0.05, 0) is 49.2 Å². The fourth-order valence-electron chi connectivity index (χ4n) is 3.60. The van der Waals surface area contributed by atoms with Crippen molar-refractivity contribution in [2.45, 2.75) is 13.8 Å². The zero-order valence-electron chi connectivity index (χ0n) is 18.2. The third kappa shape index (κ3) is 5.05. The Morgan fingerprint density at radius 3 is 1.97 bits per heavy atom. The number of amides is 2. The van der Waals surface area contributed by atoms with E-state index in [-0.39, 0.29) is 18.4 Å². The van der Waals surface area contributed by atoms with E-state index in [1.807, 2.05) is 26.0 Å². The Hall–Kier alpha value is -2.93. The van der Waals surface area contributed by atoms with Crippen LogP contribution in [0.2, 0.25) is 5.02 Å². The van der Waals surface area contributed by atoms with Gasteiger partial charge in [0.15, 0.2) is 6.61 Å². The second kappa shape index (κ2) is 9.92. The topological polar surface area (TPSA) is 68.3 Å². The summed E-state index contributed by atoms with van der Waals surface area (Å²) in [7, 11) is 3.04. The van der Waals surface area contributed by atoms with Gasteiger partial charge in [0.05, 0.1) is 14.2 Å². The molecule has 0 bridgehead atoms. The molecule has 2 aromatic rings. The molecule has 0 atom stereocenters. The number of hydrogen-bond donors (Lipinski definition) is 0. The van der Waals surface area contributed by atoms with Crippen molar-refractivity contribution in [3.8, 4) is 17.2 Å². The maximum atomic E-state index is 13.1. The van der Waals surface area contributed by atoms with Crippen LogP contribution in [-0.2, 0) is 4.79 Å². The van der Waals surface area contributed by atoms with Gasteiger partial charge in [0.2, 0.25) is 0 Å². The normalized spacial score (nSPS) is 13.7. The molecule has 1 fully saturated rings. The van der Waals surface area contributed by atoms with Crippen LogP contribution in [-0.4, -0.2) is 68.6 Å². The van der Waals surface area contributed by atoms with Crippen molar-refractivity contribution in [2.24, 2.45) is 0 Å². The van der Waals surface area contributed by atoms with Crippen LogP contribution < -0.4 is 14.2 Å². The number of nitrogens with zero attached hydrogens (tertiary/aromatic N) is 2. The van der Waals surface area contributed by atoms with Gasteiger partial charge in [0.1, 0.15) is 22.8 Å². The summed E-state index contributed by atoms with van der Waals surface area (Å²) in [5, 5.41) is 0.700. The molecule has 0 N–H and O–H groups in total. The molecule has 31 heavy (non-hydrogen) atoms. The lowest BCUT2D eigenvalue weighted by molar-refractivity contribution is -0.134. The van der Waals surface area contributed by atoms with Crippen molar-refractivity contribution in [3.05, 3.63) is 52.0 Å². The number of carbonyl (C=O) groups excluding carboxylic acids is 2. The average Bonchev–Trinajstić information content (AvgIpc) is 2.79. The number of methoxy groups -OCH3 is 2. The quantitative estimate of drug-likeness (QED) is 0.680. The zero-order valence-corrected chi connectivity index (χ0v) is 19.0. The maximum absolute atomic E-state index is 13.1. The molecule has 1 saturated heterocycles. The van der Waals surface area contributed by atoms with Crippen molar-refractivity contribution in [1.82, 2.24) is 9.80 Å². The third-order valence-corrected chi connectivity index (χ3v) is 5.93. The molecule has 2 aromatic carbocycles. The van der Waals surface area contributed by atoms with E-state index < -0.39 is 0 Å². The van der Waals surface area contributed by atoms with Crippen LogP contribution >= 0.6 is 11.6 Å². The lowest BCUT2D eigenvalue weighted by Crippen LogP contribution is -2.51. The number of aryl methyl sites for hydroxylation is 2. The number of carbonyl (C=O) groups is 2. The predicted molar refractivity (Wildman–Crippen MR) is 118 cm³/mol. The van der Waals surface area contributed by atoms with E-state index in [1.165, 1.54) is 14.2 Å². The Morgan fingerprint density at radius 1 is 0.935 bits per heavy atom. The third-order valence-electron chi connectivity index (χ3n) is 5.33. The zero-order chi connectivity index (χ0) is 22.5. The second-order valence-electron chi connectivity index (χ2n) is 7.37. The molecule has 7 nitrogen and oxygen atoms in total. The van der Waals surface area contributed by atoms with Crippen LogP contribution in [0, 0.1) is 13.8 Å². The van der Waals surface area contributed by atoms with Gasteiger partial charge < -0.3 is 24.0 Å². The summed E-state index contributed by atoms with van der Waals surface area (Å²) >= 11 is 6.18. The predicted octanol–water partition coefficient (Wildman–Crippen LogP) is 3.34. The van der Waals surface area contributed by atoms with Gasteiger partial charge in [-0.3, -0.25) is 9.59 Å². The van der Waals surface area contributed by atoms with Crippen LogP contribution in [0.15, 0.2) is 30.3 Å². The van der Waals surface area contributed by atoms with Crippen molar-refractivity contribution >= 4 is 23.4 Å². The molecule has 2 amide bonds. The SMILES string of the molecule is COc1cccc(OC)c1C(=O)N1CCN(C(=O)COc2cc(C)c(Cl)c(C)c2)CC1. The molecule has 3 rings (SSSR count). The van der Waals surface area contributed by atoms with Gasteiger partial charge in [0, 0.05) is 31.2 Å². The van der Waals surface area contributed by atoms with Crippen LogP contribution in [0.5, 0.6) is 17.2 Å². The van der Waals surface area contributed by atoms with E-state index in [4.69, 9.17) is 25.8 Å². The number of halogens is 1. The van der Waals surface area contributed by atoms with Gasteiger partial charge >= 0.3 is 0 Å². The number of piperazine rings is 1. The first kappa shape index (κ1) is 22.7. The number of ether oxygens (including phenoxy) is 3. The average molecular weight is 447 g/mol. The molecule has 166 valence electrons. The van der Waals surface area contributed by atoms with E-state index in [0.29, 0.717) is 54.0 Å². The van der Waals surface area contributed by atoms with Crippen LogP contribution in [0.1, 0.15) is 21.5 Å². The highest BCUT2D eigenvalue weighted by atomic mass is 35.5. The van der Waals surface area contributed by atoms with Crippen LogP contribution in [0.3, 0.4) is 0 Å². The van der Waals surface area contributed by atoms with E-state index in [1.54, 1.807) is 28.0 Å². The summed E-state index contributed by atoms with van der Waals surface area (Å²) in [5.74, 6) is 1.25. The monoisotopic (exact) mass is 446 g/mol. The molecule has 0 aromatic heterocycles. The minimum Gasteiger partial charge on any atom is -0.496 e. The molecular weight excluding hydrogens is 420 g/mol. The maximum Gasteiger partial charge on any atom is 0.261 e. The number of hydrogen-bond acceptors (Lipinski definition) is 5. The van der Waals surface area contributed by atoms with Gasteiger partial charge in [-0.2, -0.15) is 0 Å². The first-order valence-corrected chi connectivity index (χ1v) is 10.4. The van der Waals surface area contributed by atoms with E-state index >= 15 is 0 Å². The lowest BCUT2D eigenvalue weighted by Gasteiger charge is -2.35. The Labute approximate surface area is 187 Å². The highest BCUT2D eigenvalue weighted by Crippen LogP contribution is 2.30. The molecule has 0 unspecified atom stereocenters. The van der Waals surface area contributed by atoms with Crippen molar-refractivity contribution in [2.75, 3.05) is 47.0 Å². The van der Waals surface area contributed by atoms with Crippen molar-refractivity contribution in [3.63, 3.8) is 0 Å². The molecular formula is C23H27ClN2O5.